The standard InChI is InChI=1S/C36H37ClN5O4S/c37-29-16-14-26(15-17-29)24-32(39-35(43)34-30-11-5-4-10-28(30)18-19-38-34)36(44)42-22-20-41(21-23-42)33-13-7-6-12-31(33)40-47(45,46)25-27-8-2-1-3-9-27/h1-17,19,32,34,38,40H,18,20-25H2,(H,39,43)/t32-,34?/m1/s1. The molecule has 3 N–H and O–H groups in total. The third-order valence-electron chi connectivity index (χ3n) is 8.50. The lowest BCUT2D eigenvalue weighted by Gasteiger charge is -2.38. The van der Waals surface area contributed by atoms with Gasteiger partial charge in [-0.1, -0.05) is 90.5 Å². The number of fused-ring (bicyclic) bond motifs is 1. The molecule has 243 valence electrons. The largest absolute Gasteiger partial charge is 0.366 e. The van der Waals surface area contributed by atoms with E-state index in [9.17, 15) is 18.0 Å². The molecule has 0 spiro atoms. The molecule has 2 aliphatic rings. The Balaban J connectivity index is 1.15. The number of hydrogen-bond acceptors (Lipinski definition) is 6. The summed E-state index contributed by atoms with van der Waals surface area (Å²) in [6.45, 7) is 3.69. The Hall–Kier alpha value is -4.38. The number of para-hydroxylation sites is 2. The van der Waals surface area contributed by atoms with Gasteiger partial charge >= 0.3 is 0 Å². The first-order valence-corrected chi connectivity index (χ1v) is 17.7. The van der Waals surface area contributed by atoms with Crippen molar-refractivity contribution in [2.75, 3.05) is 35.8 Å². The van der Waals surface area contributed by atoms with Crippen LogP contribution in [-0.4, -0.2) is 57.4 Å². The summed E-state index contributed by atoms with van der Waals surface area (Å²) >= 11 is 6.11. The van der Waals surface area contributed by atoms with E-state index >= 15 is 0 Å². The Labute approximate surface area is 281 Å². The molecule has 1 unspecified atom stereocenters. The minimum absolute atomic E-state index is 0.134. The van der Waals surface area contributed by atoms with Crippen molar-refractivity contribution in [3.8, 4) is 0 Å². The fraction of sp³-hybridized carbons (Fsp3) is 0.250. The number of benzene rings is 4. The van der Waals surface area contributed by atoms with Gasteiger partial charge in [0.2, 0.25) is 21.8 Å². The van der Waals surface area contributed by atoms with E-state index < -0.39 is 22.1 Å². The van der Waals surface area contributed by atoms with E-state index in [4.69, 9.17) is 11.6 Å². The molecule has 2 heterocycles. The fourth-order valence-corrected chi connectivity index (χ4v) is 7.46. The summed E-state index contributed by atoms with van der Waals surface area (Å²) < 4.78 is 28.8. The Morgan fingerprint density at radius 2 is 1.51 bits per heavy atom. The highest BCUT2D eigenvalue weighted by atomic mass is 35.5. The van der Waals surface area contributed by atoms with Gasteiger partial charge in [-0.3, -0.25) is 19.6 Å². The molecule has 2 aliphatic heterocycles. The monoisotopic (exact) mass is 670 g/mol. The van der Waals surface area contributed by atoms with Gasteiger partial charge in [0.05, 0.1) is 17.1 Å². The zero-order chi connectivity index (χ0) is 32.8. The molecule has 2 atom stereocenters. The van der Waals surface area contributed by atoms with Crippen LogP contribution in [0, 0.1) is 6.54 Å². The molecular weight excluding hydrogens is 634 g/mol. The van der Waals surface area contributed by atoms with Crippen LogP contribution in [0.25, 0.3) is 0 Å². The molecule has 0 saturated carbocycles. The molecule has 0 aliphatic carbocycles. The predicted octanol–water partition coefficient (Wildman–Crippen LogP) is 4.71. The summed E-state index contributed by atoms with van der Waals surface area (Å²) in [7, 11) is -3.65. The number of rotatable bonds is 10. The first-order chi connectivity index (χ1) is 22.8. The first kappa shape index (κ1) is 32.6. The predicted molar refractivity (Wildman–Crippen MR) is 185 cm³/mol. The normalized spacial score (nSPS) is 17.0. The maximum atomic E-state index is 14.1. The topological polar surface area (TPSA) is 111 Å². The average Bonchev–Trinajstić information content (AvgIpc) is 3.08. The Kier molecular flexibility index (Phi) is 10.1. The van der Waals surface area contributed by atoms with Crippen molar-refractivity contribution in [3.63, 3.8) is 0 Å². The van der Waals surface area contributed by atoms with Crippen LogP contribution < -0.4 is 20.3 Å². The number of nitrogens with one attached hydrogen (secondary N) is 3. The number of nitrogens with zero attached hydrogens (tertiary/aromatic N) is 2. The molecule has 1 radical (unpaired) electrons. The minimum Gasteiger partial charge on any atom is -0.366 e. The van der Waals surface area contributed by atoms with Crippen LogP contribution in [0.15, 0.2) is 103 Å². The second-order valence-corrected chi connectivity index (χ2v) is 13.9. The van der Waals surface area contributed by atoms with Crippen molar-refractivity contribution in [1.29, 1.82) is 0 Å². The van der Waals surface area contributed by atoms with Crippen molar-refractivity contribution >= 4 is 44.8 Å². The average molecular weight is 671 g/mol. The minimum atomic E-state index is -3.65. The van der Waals surface area contributed by atoms with Crippen LogP contribution in [0.1, 0.15) is 28.3 Å². The molecule has 4 aromatic rings. The third kappa shape index (κ3) is 8.13. The van der Waals surface area contributed by atoms with Gasteiger partial charge in [0.1, 0.15) is 12.1 Å². The molecule has 1 fully saturated rings. The molecule has 47 heavy (non-hydrogen) atoms. The van der Waals surface area contributed by atoms with Gasteiger partial charge in [-0.2, -0.15) is 0 Å². The van der Waals surface area contributed by atoms with Crippen LogP contribution in [0.3, 0.4) is 0 Å². The molecule has 2 amide bonds. The van der Waals surface area contributed by atoms with E-state index in [-0.39, 0.29) is 17.6 Å². The highest BCUT2D eigenvalue weighted by Gasteiger charge is 2.33. The fourth-order valence-electron chi connectivity index (χ4n) is 6.13. The van der Waals surface area contributed by atoms with E-state index in [1.54, 1.807) is 41.3 Å². The number of carbonyl (C=O) groups is 2. The second-order valence-electron chi connectivity index (χ2n) is 11.8. The van der Waals surface area contributed by atoms with Gasteiger partial charge in [-0.25, -0.2) is 8.42 Å². The quantitative estimate of drug-likeness (QED) is 0.226. The van der Waals surface area contributed by atoms with Crippen molar-refractivity contribution in [1.82, 2.24) is 15.5 Å². The summed E-state index contributed by atoms with van der Waals surface area (Å²) in [6.07, 6.45) is 1.03. The first-order valence-electron chi connectivity index (χ1n) is 15.6. The number of amides is 2. The lowest BCUT2D eigenvalue weighted by Crippen LogP contribution is -2.56. The SMILES string of the molecule is O=C(N[C@H](Cc1ccc(Cl)cc1)C(=O)N1CCN(c2ccccc2NS(=O)(=O)Cc2ccccc2)CC1)C1N[CH]Cc2ccccc21. The van der Waals surface area contributed by atoms with Gasteiger partial charge in [0.15, 0.2) is 0 Å². The maximum Gasteiger partial charge on any atom is 0.245 e. The number of carbonyl (C=O) groups excluding carboxylic acids is 2. The summed E-state index contributed by atoms with van der Waals surface area (Å²) in [4.78, 5) is 31.6. The van der Waals surface area contributed by atoms with Crippen LogP contribution in [-0.2, 0) is 38.2 Å². The molecule has 0 bridgehead atoms. The molecule has 4 aromatic carbocycles. The van der Waals surface area contributed by atoms with Crippen LogP contribution in [0.5, 0.6) is 0 Å². The van der Waals surface area contributed by atoms with E-state index in [1.165, 1.54) is 0 Å². The van der Waals surface area contributed by atoms with Gasteiger partial charge in [0, 0.05) is 44.2 Å². The highest BCUT2D eigenvalue weighted by molar-refractivity contribution is 7.91. The van der Waals surface area contributed by atoms with Crippen molar-refractivity contribution in [2.45, 2.75) is 30.7 Å². The number of halogens is 1. The molecule has 11 heteroatoms. The van der Waals surface area contributed by atoms with Crippen LogP contribution >= 0.6 is 11.6 Å². The lowest BCUT2D eigenvalue weighted by molar-refractivity contribution is -0.137. The van der Waals surface area contributed by atoms with E-state index in [2.05, 4.69) is 20.3 Å². The molecule has 0 aromatic heterocycles. The lowest BCUT2D eigenvalue weighted by atomic mass is 9.93. The molecule has 6 rings (SSSR count). The zero-order valence-corrected chi connectivity index (χ0v) is 27.4. The summed E-state index contributed by atoms with van der Waals surface area (Å²) in [6, 6.07) is 30.1. The van der Waals surface area contributed by atoms with E-state index in [0.29, 0.717) is 48.9 Å². The van der Waals surface area contributed by atoms with Gasteiger partial charge in [0.25, 0.3) is 0 Å². The summed E-state index contributed by atoms with van der Waals surface area (Å²) in [5.41, 5.74) is 4.80. The van der Waals surface area contributed by atoms with Gasteiger partial charge in [-0.15, -0.1) is 0 Å². The molecule has 1 saturated heterocycles. The number of sulfonamides is 1. The third-order valence-corrected chi connectivity index (χ3v) is 10.00. The zero-order valence-electron chi connectivity index (χ0n) is 25.8. The number of anilines is 2. The number of hydrogen-bond donors (Lipinski definition) is 3. The molecule has 9 nitrogen and oxygen atoms in total. The van der Waals surface area contributed by atoms with Gasteiger partial charge < -0.3 is 15.1 Å². The van der Waals surface area contributed by atoms with E-state index in [0.717, 1.165) is 28.8 Å². The van der Waals surface area contributed by atoms with Crippen molar-refractivity contribution < 1.29 is 18.0 Å². The van der Waals surface area contributed by atoms with Crippen LogP contribution in [0.4, 0.5) is 11.4 Å². The summed E-state index contributed by atoms with van der Waals surface area (Å²) in [5.74, 6) is -0.570. The Morgan fingerprint density at radius 3 is 2.28 bits per heavy atom. The Morgan fingerprint density at radius 1 is 0.830 bits per heavy atom. The molecular formula is C36H37ClN5O4S. The Bertz CT molecular complexity index is 1810. The smallest absolute Gasteiger partial charge is 0.245 e. The van der Waals surface area contributed by atoms with Gasteiger partial charge in [-0.05, 0) is 52.9 Å². The van der Waals surface area contributed by atoms with E-state index in [1.807, 2.05) is 73.3 Å². The second kappa shape index (κ2) is 14.6. The van der Waals surface area contributed by atoms with Crippen molar-refractivity contribution in [2.24, 2.45) is 0 Å². The maximum absolute atomic E-state index is 14.1. The van der Waals surface area contributed by atoms with Crippen molar-refractivity contribution in [3.05, 3.63) is 137 Å². The summed E-state index contributed by atoms with van der Waals surface area (Å²) in [5, 5.41) is 6.84. The number of piperazine rings is 1. The highest BCUT2D eigenvalue weighted by Crippen LogP contribution is 2.29. The van der Waals surface area contributed by atoms with Crippen LogP contribution in [0.2, 0.25) is 5.02 Å².